The number of halogens is 1. The number of aromatic hydroxyl groups is 2. The van der Waals surface area contributed by atoms with Crippen molar-refractivity contribution < 1.29 is 25.0 Å². The van der Waals surface area contributed by atoms with Gasteiger partial charge in [-0.3, -0.25) is 35.8 Å². The molecule has 0 aliphatic rings. The molecule has 0 amide bonds. The highest BCUT2D eigenvalue weighted by Gasteiger charge is 2.41. The van der Waals surface area contributed by atoms with Gasteiger partial charge in [0.1, 0.15) is 0 Å². The van der Waals surface area contributed by atoms with Crippen LogP contribution >= 0.6 is 15.9 Å². The quantitative estimate of drug-likeness (QED) is 0.117. The minimum atomic E-state index is -1.50. The number of hydrogen-bond donors (Lipinski definition) is 6. The zero-order chi connectivity index (χ0) is 19.2. The van der Waals surface area contributed by atoms with Gasteiger partial charge >= 0.3 is 17.1 Å². The van der Waals surface area contributed by atoms with Gasteiger partial charge < -0.3 is 21.8 Å². The zero-order valence-corrected chi connectivity index (χ0v) is 12.8. The minimum absolute atomic E-state index is 0.0231. The Morgan fingerprint density at radius 1 is 1.00 bits per heavy atom. The third kappa shape index (κ3) is 4.27. The molecule has 24 heavy (non-hydrogen) atoms. The van der Waals surface area contributed by atoms with E-state index in [0.29, 0.717) is 0 Å². The van der Waals surface area contributed by atoms with Crippen molar-refractivity contribution in [3.05, 3.63) is 34.8 Å². The van der Waals surface area contributed by atoms with Gasteiger partial charge in [0.15, 0.2) is 4.47 Å². The molecule has 0 bridgehead atoms. The summed E-state index contributed by atoms with van der Waals surface area (Å²) in [5.41, 5.74) is 2.83. The van der Waals surface area contributed by atoms with Crippen LogP contribution in [0.1, 0.15) is 0 Å². The number of guanidine groups is 1. The maximum Gasteiger partial charge on any atom is 0.366 e. The molecule has 0 aromatic heterocycles. The predicted molar refractivity (Wildman–Crippen MR) is 80.6 cm³/mol. The first kappa shape index (κ1) is 20.5. The van der Waals surface area contributed by atoms with Crippen LogP contribution in [0, 0.1) is 30.3 Å². The number of hydrogen-bond acceptors (Lipinski definition) is 11. The standard InChI is InChI=1S/C6H2BrN3O8.CH7N5/c7-1-2(8(13)14)5(11)4(10(17)18)6(12)3(1)9(15)16;2-1(5-3)6-4/h11-12H;3-4H2,(H3,2,5,6). The van der Waals surface area contributed by atoms with E-state index in [1.165, 1.54) is 0 Å². The van der Waals surface area contributed by atoms with E-state index in [1.807, 2.05) is 5.43 Å². The second-order valence-electron chi connectivity index (χ2n) is 3.49. The van der Waals surface area contributed by atoms with E-state index in [0.717, 1.165) is 0 Å². The number of phenolic OH excluding ortho intramolecular Hbond substituents is 2. The molecule has 0 saturated carbocycles. The molecule has 0 atom stereocenters. The molecule has 0 fully saturated rings. The van der Waals surface area contributed by atoms with Crippen LogP contribution in [-0.4, -0.2) is 30.9 Å². The molecule has 132 valence electrons. The summed E-state index contributed by atoms with van der Waals surface area (Å²) in [6.07, 6.45) is 0. The number of rotatable bonds is 3. The first-order valence-corrected chi connectivity index (χ1v) is 6.00. The van der Waals surface area contributed by atoms with Gasteiger partial charge in [-0.2, -0.15) is 0 Å². The van der Waals surface area contributed by atoms with Crippen molar-refractivity contribution in [3.63, 3.8) is 0 Å². The van der Waals surface area contributed by atoms with Crippen molar-refractivity contribution in [1.82, 2.24) is 5.43 Å². The van der Waals surface area contributed by atoms with Crippen molar-refractivity contribution >= 4 is 39.0 Å². The highest BCUT2D eigenvalue weighted by molar-refractivity contribution is 9.10. The van der Waals surface area contributed by atoms with Crippen LogP contribution in [-0.2, 0) is 0 Å². The molecule has 1 aromatic rings. The Morgan fingerprint density at radius 3 is 1.50 bits per heavy atom. The van der Waals surface area contributed by atoms with E-state index in [1.54, 1.807) is 0 Å². The second kappa shape index (κ2) is 8.24. The third-order valence-electron chi connectivity index (χ3n) is 2.15. The number of nitro groups is 3. The fourth-order valence-electron chi connectivity index (χ4n) is 1.20. The summed E-state index contributed by atoms with van der Waals surface area (Å²) in [7, 11) is 0. The number of nitrogens with one attached hydrogen (secondary N) is 1. The minimum Gasteiger partial charge on any atom is -0.497 e. The van der Waals surface area contributed by atoms with Crippen LogP contribution in [0.25, 0.3) is 0 Å². The Labute approximate surface area is 139 Å². The maximum absolute atomic E-state index is 10.6. The summed E-state index contributed by atoms with van der Waals surface area (Å²) in [5.74, 6) is 6.38. The predicted octanol–water partition coefficient (Wildman–Crippen LogP) is -0.777. The SMILES string of the molecule is NN=C(N)NN.O=[N+]([O-])c1c(O)c([N+](=O)[O-])c(Br)c([N+](=O)[O-])c1O. The molecular weight excluding hydrogens is 404 g/mol. The first-order valence-electron chi connectivity index (χ1n) is 5.21. The lowest BCUT2D eigenvalue weighted by molar-refractivity contribution is -0.406. The lowest BCUT2D eigenvalue weighted by Crippen LogP contribution is -2.37. The van der Waals surface area contributed by atoms with Crippen molar-refractivity contribution in [2.75, 3.05) is 0 Å². The van der Waals surface area contributed by atoms with E-state index >= 15 is 0 Å². The second-order valence-corrected chi connectivity index (χ2v) is 4.28. The monoisotopic (exact) mass is 412 g/mol. The molecule has 0 aliphatic heterocycles. The van der Waals surface area contributed by atoms with Crippen LogP contribution in [0.3, 0.4) is 0 Å². The zero-order valence-electron chi connectivity index (χ0n) is 11.2. The van der Waals surface area contributed by atoms with Gasteiger partial charge in [-0.1, -0.05) is 0 Å². The lowest BCUT2D eigenvalue weighted by Gasteiger charge is -2.03. The third-order valence-corrected chi connectivity index (χ3v) is 2.90. The Kier molecular flexibility index (Phi) is 7.05. The maximum atomic E-state index is 10.6. The summed E-state index contributed by atoms with van der Waals surface area (Å²) in [6.45, 7) is 0. The normalized spacial score (nSPS) is 10.3. The molecule has 0 heterocycles. The highest BCUT2D eigenvalue weighted by Crippen LogP contribution is 2.53. The topological polar surface area (TPSA) is 272 Å². The largest absolute Gasteiger partial charge is 0.497 e. The fourth-order valence-corrected chi connectivity index (χ4v) is 1.87. The van der Waals surface area contributed by atoms with Crippen LogP contribution in [0.2, 0.25) is 0 Å². The van der Waals surface area contributed by atoms with Crippen molar-refractivity contribution in [1.29, 1.82) is 0 Å². The Bertz CT molecular complexity index is 619. The summed E-state index contributed by atoms with van der Waals surface area (Å²) >= 11 is 2.44. The van der Waals surface area contributed by atoms with Crippen LogP contribution < -0.4 is 22.8 Å². The molecule has 0 radical (unpaired) electrons. The van der Waals surface area contributed by atoms with E-state index < -0.39 is 47.8 Å². The average Bonchev–Trinajstić information content (AvgIpc) is 2.45. The lowest BCUT2D eigenvalue weighted by atomic mass is 10.2. The van der Waals surface area contributed by atoms with Crippen LogP contribution in [0.5, 0.6) is 11.5 Å². The van der Waals surface area contributed by atoms with Gasteiger partial charge in [0.25, 0.3) is 11.5 Å². The number of nitrogens with two attached hydrogens (primary N) is 3. The molecule has 16 nitrogen and oxygen atoms in total. The molecule has 0 aliphatic carbocycles. The summed E-state index contributed by atoms with van der Waals surface area (Å²) in [5, 5.41) is 53.3. The van der Waals surface area contributed by atoms with Crippen molar-refractivity contribution in [2.45, 2.75) is 0 Å². The van der Waals surface area contributed by atoms with E-state index in [2.05, 4.69) is 26.9 Å². The number of nitro benzene ring substituents is 3. The highest BCUT2D eigenvalue weighted by atomic mass is 79.9. The number of hydrazine groups is 1. The van der Waals surface area contributed by atoms with Crippen molar-refractivity contribution in [3.8, 4) is 11.5 Å². The molecular formula is C7H9BrN8O8. The summed E-state index contributed by atoms with van der Waals surface area (Å²) < 4.78 is -0.863. The molecule has 1 rings (SSSR count). The van der Waals surface area contributed by atoms with Gasteiger partial charge in [0, 0.05) is 0 Å². The van der Waals surface area contributed by atoms with E-state index in [9.17, 15) is 40.6 Å². The average molecular weight is 413 g/mol. The summed E-state index contributed by atoms with van der Waals surface area (Å²) in [4.78, 5) is 27.8. The van der Waals surface area contributed by atoms with Crippen molar-refractivity contribution in [2.24, 2.45) is 22.5 Å². The number of hydrazone groups is 1. The molecule has 17 heteroatoms. The van der Waals surface area contributed by atoms with Gasteiger partial charge in [0.05, 0.1) is 14.8 Å². The number of nitrogens with zero attached hydrogens (tertiary/aromatic N) is 4. The molecule has 0 saturated heterocycles. The molecule has 1 aromatic carbocycles. The summed E-state index contributed by atoms with van der Waals surface area (Å²) in [6, 6.07) is 0. The van der Waals surface area contributed by atoms with Gasteiger partial charge in [-0.15, -0.1) is 5.10 Å². The van der Waals surface area contributed by atoms with Crippen LogP contribution in [0.4, 0.5) is 17.1 Å². The molecule has 0 unspecified atom stereocenters. The molecule has 9 N–H and O–H groups in total. The van der Waals surface area contributed by atoms with Gasteiger partial charge in [-0.05, 0) is 15.9 Å². The smallest absolute Gasteiger partial charge is 0.366 e. The Balaban J connectivity index is 0.000000754. The van der Waals surface area contributed by atoms with E-state index in [4.69, 9.17) is 11.6 Å². The fraction of sp³-hybridized carbons (Fsp3) is 0. The first-order chi connectivity index (χ1) is 11.0. The van der Waals surface area contributed by atoms with Gasteiger partial charge in [-0.25, -0.2) is 5.84 Å². The number of benzene rings is 1. The Morgan fingerprint density at radius 2 is 1.33 bits per heavy atom. The molecule has 0 spiro atoms. The Hall–Kier alpha value is -3.47. The van der Waals surface area contributed by atoms with Crippen LogP contribution in [0.15, 0.2) is 9.57 Å². The number of phenols is 2. The van der Waals surface area contributed by atoms with Gasteiger partial charge in [0.2, 0.25) is 5.96 Å². The van der Waals surface area contributed by atoms with E-state index in [-0.39, 0.29) is 5.96 Å².